The first-order valence-electron chi connectivity index (χ1n) is 9.06. The highest BCUT2D eigenvalue weighted by molar-refractivity contribution is 6.21. The van der Waals surface area contributed by atoms with Crippen LogP contribution in [-0.2, 0) is 14.4 Å². The number of carbonyl (C=O) groups is 3. The van der Waals surface area contributed by atoms with Crippen molar-refractivity contribution in [2.24, 2.45) is 11.8 Å². The average Bonchev–Trinajstić information content (AvgIpc) is 2.89. The van der Waals surface area contributed by atoms with Crippen LogP contribution in [0.2, 0.25) is 0 Å². The summed E-state index contributed by atoms with van der Waals surface area (Å²) < 4.78 is 0. The number of unbranched alkanes of at least 4 members (excludes halogenated alkanes) is 5. The van der Waals surface area contributed by atoms with Gasteiger partial charge in [0, 0.05) is 12.3 Å². The number of benzene rings is 1. The molecular weight excluding hydrogens is 302 g/mol. The Kier molecular flexibility index (Phi) is 7.16. The second-order valence-electron chi connectivity index (χ2n) is 6.57. The van der Waals surface area contributed by atoms with Gasteiger partial charge < -0.3 is 4.79 Å². The first-order valence-corrected chi connectivity index (χ1v) is 9.06. The standard InChI is InChI=1S/C20H27NO3/c1-2-3-4-5-6-8-11-16(15-22)18-14-19(23)21(20(18)24)17-12-9-7-10-13-17/h7,9-10,12-13,15-16,18H,2-6,8,11,14H2,1H3/t16-,18-/m0/s1. The molecule has 24 heavy (non-hydrogen) atoms. The van der Waals surface area contributed by atoms with Crippen LogP contribution in [0.15, 0.2) is 30.3 Å². The van der Waals surface area contributed by atoms with Gasteiger partial charge >= 0.3 is 0 Å². The molecule has 130 valence electrons. The monoisotopic (exact) mass is 329 g/mol. The zero-order valence-corrected chi connectivity index (χ0v) is 14.4. The number of hydrogen-bond donors (Lipinski definition) is 0. The largest absolute Gasteiger partial charge is 0.303 e. The third kappa shape index (κ3) is 4.53. The Morgan fingerprint density at radius 2 is 1.75 bits per heavy atom. The second-order valence-corrected chi connectivity index (χ2v) is 6.57. The van der Waals surface area contributed by atoms with Gasteiger partial charge in [0.15, 0.2) is 0 Å². The van der Waals surface area contributed by atoms with Gasteiger partial charge in [0.2, 0.25) is 11.8 Å². The lowest BCUT2D eigenvalue weighted by molar-refractivity contribution is -0.125. The highest BCUT2D eigenvalue weighted by Crippen LogP contribution is 2.32. The number of imide groups is 1. The molecule has 1 aromatic carbocycles. The van der Waals surface area contributed by atoms with E-state index >= 15 is 0 Å². The molecule has 0 aromatic heterocycles. The third-order valence-electron chi connectivity index (χ3n) is 4.78. The predicted octanol–water partition coefficient (Wildman–Crippen LogP) is 4.13. The van der Waals surface area contributed by atoms with Gasteiger partial charge in [-0.15, -0.1) is 0 Å². The summed E-state index contributed by atoms with van der Waals surface area (Å²) in [6, 6.07) is 8.95. The fraction of sp³-hybridized carbons (Fsp3) is 0.550. The zero-order chi connectivity index (χ0) is 17.4. The van der Waals surface area contributed by atoms with E-state index in [9.17, 15) is 14.4 Å². The van der Waals surface area contributed by atoms with Crippen molar-refractivity contribution in [2.45, 2.75) is 58.3 Å². The molecule has 0 radical (unpaired) electrons. The molecule has 1 aliphatic heterocycles. The van der Waals surface area contributed by atoms with Crippen LogP contribution in [0, 0.1) is 11.8 Å². The summed E-state index contributed by atoms with van der Waals surface area (Å²) in [5, 5.41) is 0. The molecule has 0 saturated carbocycles. The Morgan fingerprint density at radius 1 is 1.08 bits per heavy atom. The Morgan fingerprint density at radius 3 is 2.42 bits per heavy atom. The molecule has 0 bridgehead atoms. The summed E-state index contributed by atoms with van der Waals surface area (Å²) in [4.78, 5) is 37.6. The molecule has 0 unspecified atom stereocenters. The number of para-hydroxylation sites is 1. The zero-order valence-electron chi connectivity index (χ0n) is 14.4. The maximum atomic E-state index is 12.6. The van der Waals surface area contributed by atoms with Gasteiger partial charge in [-0.1, -0.05) is 63.6 Å². The van der Waals surface area contributed by atoms with Crippen molar-refractivity contribution in [1.29, 1.82) is 0 Å². The van der Waals surface area contributed by atoms with Crippen LogP contribution in [0.5, 0.6) is 0 Å². The minimum atomic E-state index is -0.495. The summed E-state index contributed by atoms with van der Waals surface area (Å²) in [7, 11) is 0. The van der Waals surface area contributed by atoms with E-state index in [1.165, 1.54) is 30.6 Å². The molecule has 1 saturated heterocycles. The Labute approximate surface area is 144 Å². The van der Waals surface area contributed by atoms with Crippen molar-refractivity contribution < 1.29 is 14.4 Å². The van der Waals surface area contributed by atoms with E-state index in [2.05, 4.69) is 6.92 Å². The van der Waals surface area contributed by atoms with Crippen LogP contribution in [0.3, 0.4) is 0 Å². The summed E-state index contributed by atoms with van der Waals surface area (Å²) >= 11 is 0. The third-order valence-corrected chi connectivity index (χ3v) is 4.78. The molecule has 2 rings (SSSR count). The van der Waals surface area contributed by atoms with Crippen LogP contribution in [0.4, 0.5) is 5.69 Å². The highest BCUT2D eigenvalue weighted by Gasteiger charge is 2.43. The Balaban J connectivity index is 1.91. The number of rotatable bonds is 10. The van der Waals surface area contributed by atoms with Crippen molar-refractivity contribution in [3.63, 3.8) is 0 Å². The number of hydrogen-bond acceptors (Lipinski definition) is 3. The van der Waals surface area contributed by atoms with Crippen molar-refractivity contribution in [2.75, 3.05) is 4.90 Å². The lowest BCUT2D eigenvalue weighted by Gasteiger charge is -2.18. The van der Waals surface area contributed by atoms with Crippen molar-refractivity contribution in [3.8, 4) is 0 Å². The van der Waals surface area contributed by atoms with E-state index in [0.29, 0.717) is 12.1 Å². The predicted molar refractivity (Wildman–Crippen MR) is 94.6 cm³/mol. The van der Waals surface area contributed by atoms with E-state index in [0.717, 1.165) is 19.1 Å². The molecule has 1 heterocycles. The molecule has 1 fully saturated rings. The van der Waals surface area contributed by atoms with Gasteiger partial charge in [0.25, 0.3) is 0 Å². The van der Waals surface area contributed by atoms with Crippen molar-refractivity contribution in [1.82, 2.24) is 0 Å². The molecule has 4 nitrogen and oxygen atoms in total. The maximum Gasteiger partial charge on any atom is 0.238 e. The minimum absolute atomic E-state index is 0.146. The number of nitrogens with zero attached hydrogens (tertiary/aromatic N) is 1. The lowest BCUT2D eigenvalue weighted by atomic mass is 9.87. The van der Waals surface area contributed by atoms with E-state index in [4.69, 9.17) is 0 Å². The molecule has 2 atom stereocenters. The van der Waals surface area contributed by atoms with Gasteiger partial charge in [0.1, 0.15) is 6.29 Å². The van der Waals surface area contributed by atoms with Gasteiger partial charge in [0.05, 0.1) is 11.6 Å². The normalized spacial score (nSPS) is 18.9. The number of aldehydes is 1. The molecular formula is C20H27NO3. The molecule has 4 heteroatoms. The average molecular weight is 329 g/mol. The van der Waals surface area contributed by atoms with Gasteiger partial charge in [-0.25, -0.2) is 0 Å². The van der Waals surface area contributed by atoms with Crippen LogP contribution < -0.4 is 4.90 Å². The topological polar surface area (TPSA) is 54.5 Å². The van der Waals surface area contributed by atoms with Crippen LogP contribution in [0.25, 0.3) is 0 Å². The number of carbonyl (C=O) groups excluding carboxylic acids is 3. The smallest absolute Gasteiger partial charge is 0.238 e. The van der Waals surface area contributed by atoms with Gasteiger partial charge in [-0.05, 0) is 18.6 Å². The van der Waals surface area contributed by atoms with Crippen LogP contribution >= 0.6 is 0 Å². The van der Waals surface area contributed by atoms with E-state index in [1.54, 1.807) is 24.3 Å². The number of anilines is 1. The fourth-order valence-electron chi connectivity index (χ4n) is 3.36. The molecule has 0 N–H and O–H groups in total. The SMILES string of the molecule is CCCCCCCC[C@@H](C=O)[C@@H]1CC(=O)N(c2ccccc2)C1=O. The Hall–Kier alpha value is -1.97. The van der Waals surface area contributed by atoms with Crippen molar-refractivity contribution >= 4 is 23.8 Å². The van der Waals surface area contributed by atoms with E-state index in [1.807, 2.05) is 6.07 Å². The number of amides is 2. The molecule has 1 aliphatic rings. The second kappa shape index (κ2) is 9.36. The fourth-order valence-corrected chi connectivity index (χ4v) is 3.36. The summed E-state index contributed by atoms with van der Waals surface area (Å²) in [5.74, 6) is -1.27. The molecule has 0 spiro atoms. The molecule has 1 aromatic rings. The van der Waals surface area contributed by atoms with E-state index in [-0.39, 0.29) is 24.2 Å². The minimum Gasteiger partial charge on any atom is -0.303 e. The first kappa shape index (κ1) is 18.4. The van der Waals surface area contributed by atoms with Gasteiger partial charge in [-0.3, -0.25) is 14.5 Å². The summed E-state index contributed by atoms with van der Waals surface area (Å²) in [6.07, 6.45) is 8.60. The van der Waals surface area contributed by atoms with Crippen molar-refractivity contribution in [3.05, 3.63) is 30.3 Å². The van der Waals surface area contributed by atoms with E-state index < -0.39 is 5.92 Å². The lowest BCUT2D eigenvalue weighted by Crippen LogP contribution is -2.32. The quantitative estimate of drug-likeness (QED) is 0.368. The summed E-state index contributed by atoms with van der Waals surface area (Å²) in [6.45, 7) is 2.18. The maximum absolute atomic E-state index is 12.6. The molecule has 0 aliphatic carbocycles. The highest BCUT2D eigenvalue weighted by atomic mass is 16.2. The van der Waals surface area contributed by atoms with Gasteiger partial charge in [-0.2, -0.15) is 0 Å². The van der Waals surface area contributed by atoms with Crippen LogP contribution in [0.1, 0.15) is 58.3 Å². The first-order chi connectivity index (χ1) is 11.7. The summed E-state index contributed by atoms with van der Waals surface area (Å²) in [5.41, 5.74) is 0.596. The Bertz CT molecular complexity index is 555. The van der Waals surface area contributed by atoms with Crippen LogP contribution in [-0.4, -0.2) is 18.1 Å². The molecule has 2 amide bonds.